The summed E-state index contributed by atoms with van der Waals surface area (Å²) in [5.74, 6) is -0.548. The highest BCUT2D eigenvalue weighted by Crippen LogP contribution is 2.27. The molecular weight excluding hydrogens is 490 g/mol. The van der Waals surface area contributed by atoms with Crippen LogP contribution in [0.25, 0.3) is 0 Å². The van der Waals surface area contributed by atoms with Crippen molar-refractivity contribution in [2.24, 2.45) is 0 Å². The number of ether oxygens (including phenoxy) is 1. The van der Waals surface area contributed by atoms with E-state index < -0.39 is 23.8 Å². The fraction of sp³-hybridized carbons (Fsp3) is 0.531. The first-order valence-corrected chi connectivity index (χ1v) is 14.2. The predicted octanol–water partition coefficient (Wildman–Crippen LogP) is 6.11. The Morgan fingerprint density at radius 3 is 2.15 bits per heavy atom. The van der Waals surface area contributed by atoms with E-state index in [0.717, 1.165) is 36.0 Å². The summed E-state index contributed by atoms with van der Waals surface area (Å²) in [5.41, 5.74) is 1.98. The Balaban J connectivity index is 2.51. The van der Waals surface area contributed by atoms with Gasteiger partial charge in [-0.25, -0.2) is 4.79 Å². The first-order valence-electron chi connectivity index (χ1n) is 14.2. The van der Waals surface area contributed by atoms with Gasteiger partial charge in [-0.2, -0.15) is 0 Å². The standard InChI is InChI=1S/C32H47N3O4/c1-8-10-14-21-33-29(36)28(26-19-17-23(3)18-20-26)35(24(4)9-2)30(37)27(22-25-15-12-11-13-16-25)34-31(38)39-32(5,6)7/h11-13,15-20,24,27-28H,8-10,14,21-22H2,1-7H3,(H,33,36)(H,34,38). The van der Waals surface area contributed by atoms with Gasteiger partial charge < -0.3 is 20.3 Å². The molecule has 0 aliphatic rings. The summed E-state index contributed by atoms with van der Waals surface area (Å²) in [6.07, 6.45) is 3.18. The van der Waals surface area contributed by atoms with Crippen LogP contribution in [0, 0.1) is 6.92 Å². The van der Waals surface area contributed by atoms with Crippen molar-refractivity contribution in [3.05, 3.63) is 71.3 Å². The van der Waals surface area contributed by atoms with Gasteiger partial charge in [0.2, 0.25) is 11.8 Å². The van der Waals surface area contributed by atoms with E-state index in [-0.39, 0.29) is 24.3 Å². The fourth-order valence-corrected chi connectivity index (χ4v) is 4.35. The van der Waals surface area contributed by atoms with E-state index in [1.807, 2.05) is 75.4 Å². The average Bonchev–Trinajstić information content (AvgIpc) is 2.88. The van der Waals surface area contributed by atoms with Gasteiger partial charge in [0.15, 0.2) is 0 Å². The molecule has 0 radical (unpaired) electrons. The topological polar surface area (TPSA) is 87.7 Å². The van der Waals surface area contributed by atoms with Crippen molar-refractivity contribution >= 4 is 17.9 Å². The molecule has 0 spiro atoms. The zero-order valence-corrected chi connectivity index (χ0v) is 24.8. The Kier molecular flexibility index (Phi) is 12.5. The van der Waals surface area contributed by atoms with Gasteiger partial charge in [0.25, 0.3) is 0 Å². The minimum atomic E-state index is -0.919. The van der Waals surface area contributed by atoms with Crippen molar-refractivity contribution in [1.82, 2.24) is 15.5 Å². The number of unbranched alkanes of at least 4 members (excludes halogenated alkanes) is 2. The molecule has 2 N–H and O–H groups in total. The van der Waals surface area contributed by atoms with E-state index in [2.05, 4.69) is 17.6 Å². The smallest absolute Gasteiger partial charge is 0.408 e. The molecule has 3 atom stereocenters. The van der Waals surface area contributed by atoms with Crippen LogP contribution in [0.15, 0.2) is 54.6 Å². The summed E-state index contributed by atoms with van der Waals surface area (Å²) in [5, 5.41) is 5.87. The second-order valence-corrected chi connectivity index (χ2v) is 11.2. The molecule has 0 aliphatic heterocycles. The molecule has 0 aliphatic carbocycles. The number of amides is 3. The molecule has 0 heterocycles. The first-order chi connectivity index (χ1) is 18.5. The number of hydrogen-bond acceptors (Lipinski definition) is 4. The second kappa shape index (κ2) is 15.3. The fourth-order valence-electron chi connectivity index (χ4n) is 4.35. The molecule has 3 unspecified atom stereocenters. The van der Waals surface area contributed by atoms with Crippen molar-refractivity contribution in [2.45, 2.75) is 104 Å². The Labute approximate surface area is 234 Å². The van der Waals surface area contributed by atoms with Crippen LogP contribution < -0.4 is 10.6 Å². The van der Waals surface area contributed by atoms with Gasteiger partial charge in [-0.3, -0.25) is 9.59 Å². The number of alkyl carbamates (subject to hydrolysis) is 1. The molecule has 2 aromatic carbocycles. The number of benzene rings is 2. The van der Waals surface area contributed by atoms with Crippen LogP contribution in [-0.2, 0) is 20.7 Å². The third-order valence-corrected chi connectivity index (χ3v) is 6.59. The van der Waals surface area contributed by atoms with Gasteiger partial charge in [0.05, 0.1) is 0 Å². The third kappa shape index (κ3) is 10.4. The molecule has 0 bridgehead atoms. The first kappa shape index (κ1) is 31.9. The summed E-state index contributed by atoms with van der Waals surface area (Å²) in [7, 11) is 0. The van der Waals surface area contributed by atoms with Crippen LogP contribution in [0.2, 0.25) is 0 Å². The lowest BCUT2D eigenvalue weighted by Crippen LogP contribution is -2.56. The van der Waals surface area contributed by atoms with Crippen molar-refractivity contribution < 1.29 is 19.1 Å². The molecule has 2 rings (SSSR count). The van der Waals surface area contributed by atoms with E-state index in [1.165, 1.54) is 0 Å². The molecule has 7 nitrogen and oxygen atoms in total. The molecule has 0 saturated carbocycles. The van der Waals surface area contributed by atoms with E-state index in [9.17, 15) is 14.4 Å². The Bertz CT molecular complexity index is 1050. The lowest BCUT2D eigenvalue weighted by molar-refractivity contribution is -0.145. The predicted molar refractivity (Wildman–Crippen MR) is 156 cm³/mol. The average molecular weight is 538 g/mol. The zero-order valence-electron chi connectivity index (χ0n) is 24.8. The molecule has 0 fully saturated rings. The molecule has 2 aromatic rings. The molecule has 3 amide bonds. The van der Waals surface area contributed by atoms with E-state index >= 15 is 0 Å². The molecule has 0 saturated heterocycles. The number of nitrogens with one attached hydrogen (secondary N) is 2. The van der Waals surface area contributed by atoms with Gasteiger partial charge in [0.1, 0.15) is 17.7 Å². The zero-order chi connectivity index (χ0) is 29.0. The van der Waals surface area contributed by atoms with Crippen LogP contribution in [0.1, 0.15) is 90.0 Å². The Morgan fingerprint density at radius 1 is 0.949 bits per heavy atom. The minimum Gasteiger partial charge on any atom is -0.444 e. The molecular formula is C32H47N3O4. The monoisotopic (exact) mass is 537 g/mol. The van der Waals surface area contributed by atoms with E-state index in [4.69, 9.17) is 4.74 Å². The van der Waals surface area contributed by atoms with Crippen LogP contribution in [-0.4, -0.2) is 47.0 Å². The van der Waals surface area contributed by atoms with E-state index in [0.29, 0.717) is 13.0 Å². The van der Waals surface area contributed by atoms with Crippen molar-refractivity contribution in [2.75, 3.05) is 6.54 Å². The summed E-state index contributed by atoms with van der Waals surface area (Å²) in [6, 6.07) is 15.2. The molecule has 0 aromatic heterocycles. The van der Waals surface area contributed by atoms with Crippen LogP contribution >= 0.6 is 0 Å². The van der Waals surface area contributed by atoms with Gasteiger partial charge in [-0.15, -0.1) is 0 Å². The number of carbonyl (C=O) groups is 3. The highest BCUT2D eigenvalue weighted by Gasteiger charge is 2.38. The van der Waals surface area contributed by atoms with Gasteiger partial charge in [0, 0.05) is 19.0 Å². The van der Waals surface area contributed by atoms with Crippen molar-refractivity contribution in [3.63, 3.8) is 0 Å². The summed E-state index contributed by atoms with van der Waals surface area (Å²) in [4.78, 5) is 42.6. The third-order valence-electron chi connectivity index (χ3n) is 6.59. The summed E-state index contributed by atoms with van der Waals surface area (Å²) in [6.45, 7) is 13.9. The highest BCUT2D eigenvalue weighted by molar-refractivity contribution is 5.92. The number of aryl methyl sites for hydroxylation is 1. The Hall–Kier alpha value is -3.35. The largest absolute Gasteiger partial charge is 0.444 e. The van der Waals surface area contributed by atoms with Gasteiger partial charge in [-0.1, -0.05) is 86.8 Å². The maximum atomic E-state index is 14.4. The Morgan fingerprint density at radius 2 is 1.59 bits per heavy atom. The van der Waals surface area contributed by atoms with Crippen LogP contribution in [0.5, 0.6) is 0 Å². The lowest BCUT2D eigenvalue weighted by Gasteiger charge is -2.38. The van der Waals surface area contributed by atoms with Gasteiger partial charge in [-0.05, 0) is 58.6 Å². The quantitative estimate of drug-likeness (QED) is 0.302. The van der Waals surface area contributed by atoms with Crippen LogP contribution in [0.3, 0.4) is 0 Å². The number of rotatable bonds is 13. The number of hydrogen-bond donors (Lipinski definition) is 2. The lowest BCUT2D eigenvalue weighted by atomic mass is 9.97. The summed E-state index contributed by atoms with van der Waals surface area (Å²) >= 11 is 0. The minimum absolute atomic E-state index is 0.223. The second-order valence-electron chi connectivity index (χ2n) is 11.2. The van der Waals surface area contributed by atoms with E-state index in [1.54, 1.807) is 25.7 Å². The normalized spacial score (nSPS) is 13.6. The van der Waals surface area contributed by atoms with Crippen molar-refractivity contribution in [3.8, 4) is 0 Å². The molecule has 214 valence electrons. The van der Waals surface area contributed by atoms with Gasteiger partial charge >= 0.3 is 6.09 Å². The maximum absolute atomic E-state index is 14.4. The number of nitrogens with zero attached hydrogens (tertiary/aromatic N) is 1. The summed E-state index contributed by atoms with van der Waals surface area (Å²) < 4.78 is 5.50. The van der Waals surface area contributed by atoms with Crippen LogP contribution in [0.4, 0.5) is 4.79 Å². The molecule has 7 heteroatoms. The van der Waals surface area contributed by atoms with Crippen molar-refractivity contribution in [1.29, 1.82) is 0 Å². The maximum Gasteiger partial charge on any atom is 0.408 e. The highest BCUT2D eigenvalue weighted by atomic mass is 16.6. The number of carbonyl (C=O) groups excluding carboxylic acids is 3. The SMILES string of the molecule is CCCCCNC(=O)C(c1ccc(C)cc1)N(C(=O)C(Cc1ccccc1)NC(=O)OC(C)(C)C)C(C)CC. The molecule has 39 heavy (non-hydrogen) atoms.